The molecule has 2 unspecified atom stereocenters. The quantitative estimate of drug-likeness (QED) is 0.799. The van der Waals surface area contributed by atoms with E-state index in [2.05, 4.69) is 11.0 Å². The first-order valence-corrected chi connectivity index (χ1v) is 8.51. The van der Waals surface area contributed by atoms with Crippen LogP contribution in [0.3, 0.4) is 0 Å². The lowest BCUT2D eigenvalue weighted by Crippen LogP contribution is -2.59. The van der Waals surface area contributed by atoms with Crippen molar-refractivity contribution in [2.45, 2.75) is 38.5 Å². The summed E-state index contributed by atoms with van der Waals surface area (Å²) < 4.78 is 11.5. The van der Waals surface area contributed by atoms with Gasteiger partial charge in [-0.15, -0.1) is 0 Å². The molecule has 2 aliphatic rings. The fourth-order valence-electron chi connectivity index (χ4n) is 3.24. The molecule has 0 bridgehead atoms. The number of anilines is 1. The highest BCUT2D eigenvalue weighted by Crippen LogP contribution is 2.28. The molecule has 2 aliphatic heterocycles. The molecule has 2 atom stereocenters. The molecule has 1 amide bonds. The van der Waals surface area contributed by atoms with Gasteiger partial charge in [0, 0.05) is 31.9 Å². The number of morpholine rings is 1. The Balaban J connectivity index is 1.59. The van der Waals surface area contributed by atoms with E-state index in [1.54, 1.807) is 4.90 Å². The Kier molecular flexibility index (Phi) is 4.69. The van der Waals surface area contributed by atoms with Crippen LogP contribution in [-0.4, -0.2) is 60.3 Å². The van der Waals surface area contributed by atoms with Crippen LogP contribution >= 0.6 is 0 Å². The number of hydrogen-bond donors (Lipinski definition) is 1. The second kappa shape index (κ2) is 6.61. The van der Waals surface area contributed by atoms with E-state index in [1.165, 1.54) is 0 Å². The van der Waals surface area contributed by atoms with Gasteiger partial charge in [-0.05, 0) is 38.5 Å². The van der Waals surface area contributed by atoms with Crippen molar-refractivity contribution >= 4 is 11.8 Å². The number of nitrogens with zero attached hydrogens (tertiary/aromatic N) is 2. The highest BCUT2D eigenvalue weighted by Gasteiger charge is 2.36. The first-order chi connectivity index (χ1) is 11.3. The zero-order valence-corrected chi connectivity index (χ0v) is 14.7. The van der Waals surface area contributed by atoms with E-state index in [-0.39, 0.29) is 18.2 Å². The van der Waals surface area contributed by atoms with Crippen LogP contribution in [0.1, 0.15) is 32.4 Å². The maximum Gasteiger partial charge on any atom is 0.410 e. The van der Waals surface area contributed by atoms with Crippen molar-refractivity contribution in [3.8, 4) is 0 Å². The molecule has 6 heteroatoms. The van der Waals surface area contributed by atoms with Crippen LogP contribution in [0.25, 0.3) is 0 Å². The smallest absolute Gasteiger partial charge is 0.410 e. The minimum atomic E-state index is -0.463. The molecule has 0 spiro atoms. The standard InChI is InChI=1S/C18H27N3O3/c1-18(2,3)24-17(22)21-8-7-20-11-16(23-12-15(20)10-21)13-5-4-6-14(19)9-13/h4-6,9,15-16H,7-8,10-12,19H2,1-3H3. The monoisotopic (exact) mass is 333 g/mol. The molecular formula is C18H27N3O3. The number of hydrogen-bond acceptors (Lipinski definition) is 5. The Morgan fingerprint density at radius 3 is 2.79 bits per heavy atom. The largest absolute Gasteiger partial charge is 0.444 e. The van der Waals surface area contributed by atoms with Crippen molar-refractivity contribution in [3.63, 3.8) is 0 Å². The van der Waals surface area contributed by atoms with Gasteiger partial charge in [-0.3, -0.25) is 4.90 Å². The Labute approximate surface area is 143 Å². The van der Waals surface area contributed by atoms with E-state index in [0.29, 0.717) is 19.7 Å². The van der Waals surface area contributed by atoms with Gasteiger partial charge >= 0.3 is 6.09 Å². The number of carbonyl (C=O) groups is 1. The first kappa shape index (κ1) is 17.0. The number of benzene rings is 1. The number of amides is 1. The molecule has 6 nitrogen and oxygen atoms in total. The molecule has 24 heavy (non-hydrogen) atoms. The van der Waals surface area contributed by atoms with Gasteiger partial charge in [0.25, 0.3) is 0 Å². The third kappa shape index (κ3) is 3.99. The third-order valence-corrected chi connectivity index (χ3v) is 4.43. The highest BCUT2D eigenvalue weighted by atomic mass is 16.6. The Hall–Kier alpha value is -1.79. The predicted octanol–water partition coefficient (Wildman–Crippen LogP) is 2.26. The van der Waals surface area contributed by atoms with Gasteiger partial charge < -0.3 is 20.1 Å². The second-order valence-electron chi connectivity index (χ2n) is 7.57. The second-order valence-corrected chi connectivity index (χ2v) is 7.57. The van der Waals surface area contributed by atoms with Crippen LogP contribution in [0.4, 0.5) is 10.5 Å². The van der Waals surface area contributed by atoms with Crippen LogP contribution in [0, 0.1) is 0 Å². The summed E-state index contributed by atoms with van der Waals surface area (Å²) in [6.07, 6.45) is -0.196. The van der Waals surface area contributed by atoms with Crippen molar-refractivity contribution in [2.24, 2.45) is 0 Å². The zero-order chi connectivity index (χ0) is 17.3. The molecule has 0 aliphatic carbocycles. The number of rotatable bonds is 1. The van der Waals surface area contributed by atoms with Crippen LogP contribution in [0.2, 0.25) is 0 Å². The number of piperazine rings is 1. The minimum Gasteiger partial charge on any atom is -0.444 e. The highest BCUT2D eigenvalue weighted by molar-refractivity contribution is 5.68. The Bertz CT molecular complexity index is 599. The summed E-state index contributed by atoms with van der Waals surface area (Å²) in [7, 11) is 0. The summed E-state index contributed by atoms with van der Waals surface area (Å²) in [6, 6.07) is 8.10. The van der Waals surface area contributed by atoms with E-state index < -0.39 is 5.60 Å². The maximum atomic E-state index is 12.2. The summed E-state index contributed by atoms with van der Waals surface area (Å²) in [4.78, 5) is 16.4. The normalized spacial score (nSPS) is 25.2. The molecule has 1 aromatic rings. The van der Waals surface area contributed by atoms with Gasteiger partial charge in [0.05, 0.1) is 18.8 Å². The average molecular weight is 333 g/mol. The predicted molar refractivity (Wildman–Crippen MR) is 92.7 cm³/mol. The van der Waals surface area contributed by atoms with Gasteiger partial charge in [-0.25, -0.2) is 4.79 Å². The average Bonchev–Trinajstić information content (AvgIpc) is 2.52. The molecule has 3 rings (SSSR count). The van der Waals surface area contributed by atoms with E-state index in [1.807, 2.05) is 39.0 Å². The molecule has 2 N–H and O–H groups in total. The van der Waals surface area contributed by atoms with Crippen molar-refractivity contribution in [1.82, 2.24) is 9.80 Å². The summed E-state index contributed by atoms with van der Waals surface area (Å²) in [5.41, 5.74) is 7.28. The maximum absolute atomic E-state index is 12.2. The molecule has 132 valence electrons. The molecule has 2 heterocycles. The van der Waals surface area contributed by atoms with Crippen LogP contribution in [-0.2, 0) is 9.47 Å². The SMILES string of the molecule is CC(C)(C)OC(=O)N1CCN2CC(c3cccc(N)c3)OCC2C1. The van der Waals surface area contributed by atoms with Crippen LogP contribution in [0.15, 0.2) is 24.3 Å². The zero-order valence-electron chi connectivity index (χ0n) is 14.7. The topological polar surface area (TPSA) is 68.0 Å². The number of nitrogen functional groups attached to an aromatic ring is 1. The van der Waals surface area contributed by atoms with Crippen molar-refractivity contribution in [2.75, 3.05) is 38.5 Å². The molecule has 2 fully saturated rings. The van der Waals surface area contributed by atoms with Gasteiger partial charge in [-0.2, -0.15) is 0 Å². The Morgan fingerprint density at radius 1 is 1.29 bits per heavy atom. The molecule has 1 aromatic carbocycles. The lowest BCUT2D eigenvalue weighted by molar-refractivity contribution is -0.0906. The number of fused-ring (bicyclic) bond motifs is 1. The molecule has 2 saturated heterocycles. The minimum absolute atomic E-state index is 0.0397. The summed E-state index contributed by atoms with van der Waals surface area (Å²) in [5.74, 6) is 0. The number of nitrogens with two attached hydrogens (primary N) is 1. The van der Waals surface area contributed by atoms with Crippen molar-refractivity contribution in [1.29, 1.82) is 0 Å². The molecule has 0 radical (unpaired) electrons. The van der Waals surface area contributed by atoms with E-state index in [0.717, 1.165) is 24.3 Å². The third-order valence-electron chi connectivity index (χ3n) is 4.43. The van der Waals surface area contributed by atoms with Crippen LogP contribution in [0.5, 0.6) is 0 Å². The number of carbonyl (C=O) groups excluding carboxylic acids is 1. The van der Waals surface area contributed by atoms with Gasteiger partial charge in [0.15, 0.2) is 0 Å². The van der Waals surface area contributed by atoms with Crippen molar-refractivity contribution in [3.05, 3.63) is 29.8 Å². The fourth-order valence-corrected chi connectivity index (χ4v) is 3.24. The Morgan fingerprint density at radius 2 is 2.08 bits per heavy atom. The lowest BCUT2D eigenvalue weighted by Gasteiger charge is -2.46. The lowest BCUT2D eigenvalue weighted by atomic mass is 10.0. The van der Waals surface area contributed by atoms with E-state index in [4.69, 9.17) is 15.2 Å². The molecular weight excluding hydrogens is 306 g/mol. The summed E-state index contributed by atoms with van der Waals surface area (Å²) in [5, 5.41) is 0. The number of ether oxygens (including phenoxy) is 2. The van der Waals surface area contributed by atoms with Gasteiger partial charge in [-0.1, -0.05) is 12.1 Å². The fraction of sp³-hybridized carbons (Fsp3) is 0.611. The van der Waals surface area contributed by atoms with E-state index in [9.17, 15) is 4.79 Å². The first-order valence-electron chi connectivity index (χ1n) is 8.51. The molecule has 0 aromatic heterocycles. The van der Waals surface area contributed by atoms with Crippen LogP contribution < -0.4 is 5.73 Å². The summed E-state index contributed by atoms with van der Waals surface area (Å²) in [6.45, 7) is 9.29. The van der Waals surface area contributed by atoms with Gasteiger partial charge in [0.2, 0.25) is 0 Å². The van der Waals surface area contributed by atoms with Gasteiger partial charge in [0.1, 0.15) is 5.60 Å². The van der Waals surface area contributed by atoms with Crippen molar-refractivity contribution < 1.29 is 14.3 Å². The van der Waals surface area contributed by atoms with E-state index >= 15 is 0 Å². The summed E-state index contributed by atoms with van der Waals surface area (Å²) >= 11 is 0. The molecule has 0 saturated carbocycles.